The average Bonchev–Trinajstić information content (AvgIpc) is 2.80. The van der Waals surface area contributed by atoms with Crippen LogP contribution in [-0.2, 0) is 19.1 Å². The van der Waals surface area contributed by atoms with Crippen LogP contribution in [-0.4, -0.2) is 25.2 Å². The van der Waals surface area contributed by atoms with Crippen LogP contribution >= 0.6 is 0 Å². The minimum Gasteiger partial charge on any atom is -0.466 e. The summed E-state index contributed by atoms with van der Waals surface area (Å²) in [5, 5.41) is 0. The van der Waals surface area contributed by atoms with E-state index in [0.717, 1.165) is 32.1 Å². The first-order chi connectivity index (χ1) is 16.7. The van der Waals surface area contributed by atoms with Crippen molar-refractivity contribution in [3.63, 3.8) is 0 Å². The molecule has 0 spiro atoms. The third kappa shape index (κ3) is 23.1. The highest BCUT2D eigenvalue weighted by Crippen LogP contribution is 2.21. The maximum absolute atomic E-state index is 12.1. The van der Waals surface area contributed by atoms with Crippen LogP contribution in [0.5, 0.6) is 0 Å². The lowest BCUT2D eigenvalue weighted by atomic mass is 9.90. The largest absolute Gasteiger partial charge is 0.466 e. The van der Waals surface area contributed by atoms with Gasteiger partial charge in [0.25, 0.3) is 0 Å². The highest BCUT2D eigenvalue weighted by Gasteiger charge is 2.21. The van der Waals surface area contributed by atoms with Crippen molar-refractivity contribution in [2.24, 2.45) is 23.7 Å². The van der Waals surface area contributed by atoms with Gasteiger partial charge < -0.3 is 9.47 Å². The second kappa shape index (κ2) is 23.3. The molecule has 2 atom stereocenters. The van der Waals surface area contributed by atoms with Crippen LogP contribution in [0.15, 0.2) is 0 Å². The molecule has 0 saturated heterocycles. The van der Waals surface area contributed by atoms with E-state index in [-0.39, 0.29) is 17.9 Å². The summed E-state index contributed by atoms with van der Waals surface area (Å²) in [7, 11) is 0. The molecular weight excluding hydrogens is 436 g/mol. The van der Waals surface area contributed by atoms with Crippen LogP contribution in [0.4, 0.5) is 0 Å². The Kier molecular flexibility index (Phi) is 22.6. The van der Waals surface area contributed by atoms with E-state index in [1.54, 1.807) is 0 Å². The zero-order valence-electron chi connectivity index (χ0n) is 24.4. The van der Waals surface area contributed by atoms with Crippen molar-refractivity contribution in [2.75, 3.05) is 13.2 Å². The van der Waals surface area contributed by atoms with Gasteiger partial charge in [-0.2, -0.15) is 0 Å². The fourth-order valence-electron chi connectivity index (χ4n) is 4.17. The van der Waals surface area contributed by atoms with Crippen molar-refractivity contribution in [1.82, 2.24) is 0 Å². The van der Waals surface area contributed by atoms with E-state index in [2.05, 4.69) is 34.6 Å². The minimum absolute atomic E-state index is 0.0123. The summed E-state index contributed by atoms with van der Waals surface area (Å²) >= 11 is 0. The monoisotopic (exact) mass is 496 g/mol. The Morgan fingerprint density at radius 3 is 1.37 bits per heavy atom. The molecule has 0 bridgehead atoms. The summed E-state index contributed by atoms with van der Waals surface area (Å²) in [6, 6.07) is 0. The van der Waals surface area contributed by atoms with Crippen LogP contribution in [0.2, 0.25) is 0 Å². The van der Waals surface area contributed by atoms with Gasteiger partial charge in [-0.3, -0.25) is 9.59 Å². The van der Waals surface area contributed by atoms with Gasteiger partial charge in [0.1, 0.15) is 0 Å². The van der Waals surface area contributed by atoms with Crippen molar-refractivity contribution in [3.8, 4) is 0 Å². The molecule has 0 aromatic carbocycles. The van der Waals surface area contributed by atoms with E-state index in [1.807, 2.05) is 6.92 Å². The van der Waals surface area contributed by atoms with Crippen LogP contribution in [0, 0.1) is 23.7 Å². The first-order valence-electron chi connectivity index (χ1n) is 15.1. The van der Waals surface area contributed by atoms with Crippen LogP contribution in [0.25, 0.3) is 0 Å². The third-order valence-corrected chi connectivity index (χ3v) is 7.16. The lowest BCUT2D eigenvalue weighted by molar-refractivity contribution is -0.150. The zero-order valence-corrected chi connectivity index (χ0v) is 24.4. The molecule has 0 saturated carbocycles. The summed E-state index contributed by atoms with van der Waals surface area (Å²) in [6.45, 7) is 14.0. The molecule has 0 N–H and O–H groups in total. The Labute approximate surface area is 218 Å². The number of rotatable bonds is 24. The summed E-state index contributed by atoms with van der Waals surface area (Å²) in [6.07, 6.45) is 20.2. The molecule has 208 valence electrons. The summed E-state index contributed by atoms with van der Waals surface area (Å²) in [4.78, 5) is 23.8. The lowest BCUT2D eigenvalue weighted by Gasteiger charge is -2.19. The molecule has 0 heterocycles. The quantitative estimate of drug-likeness (QED) is 0.0986. The van der Waals surface area contributed by atoms with Crippen molar-refractivity contribution in [3.05, 3.63) is 0 Å². The predicted octanol–water partition coefficient (Wildman–Crippen LogP) is 9.29. The molecule has 35 heavy (non-hydrogen) atoms. The topological polar surface area (TPSA) is 52.6 Å². The van der Waals surface area contributed by atoms with Gasteiger partial charge in [-0.05, 0) is 43.4 Å². The number of hydrogen-bond donors (Lipinski definition) is 0. The second-order valence-electron chi connectivity index (χ2n) is 11.7. The SMILES string of the molecule is CC(C)CCOC(=O)CCCCCCCCCCCCCCCC(C)C(C)C(=O)OCCC(C)C. The van der Waals surface area contributed by atoms with Crippen molar-refractivity contribution >= 4 is 11.9 Å². The number of carbonyl (C=O) groups excluding carboxylic acids is 2. The minimum atomic E-state index is -0.0214. The van der Waals surface area contributed by atoms with Gasteiger partial charge in [0.2, 0.25) is 0 Å². The number of esters is 2. The average molecular weight is 497 g/mol. The van der Waals surface area contributed by atoms with Gasteiger partial charge in [0.05, 0.1) is 19.1 Å². The smallest absolute Gasteiger partial charge is 0.308 e. The number of hydrogen-bond acceptors (Lipinski definition) is 4. The number of ether oxygens (including phenoxy) is 2. The maximum Gasteiger partial charge on any atom is 0.308 e. The molecule has 0 aliphatic rings. The molecule has 0 fully saturated rings. The Morgan fingerprint density at radius 2 is 0.914 bits per heavy atom. The van der Waals surface area contributed by atoms with Crippen LogP contribution in [0.3, 0.4) is 0 Å². The Hall–Kier alpha value is -1.06. The van der Waals surface area contributed by atoms with Gasteiger partial charge in [0, 0.05) is 6.42 Å². The standard InChI is InChI=1S/C31H60O4/c1-26(2)22-24-34-30(32)21-19-17-15-13-11-9-7-8-10-12-14-16-18-20-28(5)29(6)31(33)35-25-23-27(3)4/h26-29H,7-25H2,1-6H3. The van der Waals surface area contributed by atoms with E-state index in [1.165, 1.54) is 70.6 Å². The van der Waals surface area contributed by atoms with Gasteiger partial charge in [-0.1, -0.05) is 119 Å². The van der Waals surface area contributed by atoms with Gasteiger partial charge in [0.15, 0.2) is 0 Å². The van der Waals surface area contributed by atoms with E-state index in [9.17, 15) is 9.59 Å². The van der Waals surface area contributed by atoms with Gasteiger partial charge in [-0.25, -0.2) is 0 Å². The van der Waals surface area contributed by atoms with Gasteiger partial charge in [-0.15, -0.1) is 0 Å². The molecule has 0 rings (SSSR count). The van der Waals surface area contributed by atoms with E-state index in [4.69, 9.17) is 9.47 Å². The number of unbranched alkanes of at least 4 members (excludes halogenated alkanes) is 12. The molecule has 0 aromatic rings. The molecular formula is C31H60O4. The fraction of sp³-hybridized carbons (Fsp3) is 0.935. The summed E-state index contributed by atoms with van der Waals surface area (Å²) in [5.74, 6) is 1.55. The first kappa shape index (κ1) is 33.9. The van der Waals surface area contributed by atoms with Crippen molar-refractivity contribution < 1.29 is 19.1 Å². The van der Waals surface area contributed by atoms with E-state index < -0.39 is 0 Å². The fourth-order valence-corrected chi connectivity index (χ4v) is 4.17. The van der Waals surface area contributed by atoms with Gasteiger partial charge >= 0.3 is 11.9 Å². The maximum atomic E-state index is 12.1. The van der Waals surface area contributed by atoms with E-state index >= 15 is 0 Å². The Balaban J connectivity index is 3.39. The second-order valence-corrected chi connectivity index (χ2v) is 11.7. The molecule has 0 aliphatic heterocycles. The Morgan fingerprint density at radius 1 is 0.514 bits per heavy atom. The number of carbonyl (C=O) groups is 2. The van der Waals surface area contributed by atoms with Crippen molar-refractivity contribution in [1.29, 1.82) is 0 Å². The normalized spacial score (nSPS) is 13.3. The van der Waals surface area contributed by atoms with Crippen LogP contribution < -0.4 is 0 Å². The third-order valence-electron chi connectivity index (χ3n) is 7.16. The first-order valence-corrected chi connectivity index (χ1v) is 15.1. The van der Waals surface area contributed by atoms with E-state index in [0.29, 0.717) is 37.4 Å². The zero-order chi connectivity index (χ0) is 26.3. The molecule has 0 aliphatic carbocycles. The molecule has 4 nitrogen and oxygen atoms in total. The Bertz CT molecular complexity index is 500. The molecule has 0 amide bonds. The lowest BCUT2D eigenvalue weighted by Crippen LogP contribution is -2.22. The molecule has 4 heteroatoms. The molecule has 0 radical (unpaired) electrons. The van der Waals surface area contributed by atoms with Crippen LogP contribution in [0.1, 0.15) is 151 Å². The highest BCUT2D eigenvalue weighted by molar-refractivity contribution is 5.72. The predicted molar refractivity (Wildman–Crippen MR) is 148 cm³/mol. The summed E-state index contributed by atoms with van der Waals surface area (Å²) in [5.41, 5.74) is 0. The molecule has 0 aromatic heterocycles. The van der Waals surface area contributed by atoms with Crippen molar-refractivity contribution in [2.45, 2.75) is 151 Å². The summed E-state index contributed by atoms with van der Waals surface area (Å²) < 4.78 is 10.7. The highest BCUT2D eigenvalue weighted by atomic mass is 16.5. The molecule has 2 unspecified atom stereocenters.